The average molecular weight is 265 g/mol. The maximum absolute atomic E-state index is 11.5. The summed E-state index contributed by atoms with van der Waals surface area (Å²) >= 11 is 0. The molecule has 2 amide bonds. The Morgan fingerprint density at radius 1 is 1.11 bits per heavy atom. The molecular formula is C12H15N3O4. The molecular weight excluding hydrogens is 250 g/mol. The fraction of sp³-hybridized carbons (Fsp3) is 0.417. The van der Waals surface area contributed by atoms with Crippen molar-refractivity contribution in [3.63, 3.8) is 0 Å². The molecule has 0 spiro atoms. The summed E-state index contributed by atoms with van der Waals surface area (Å²) in [5.41, 5.74) is 5.93. The Balaban J connectivity index is 1.92. The standard InChI is InChI=1S/C12H15N3O4/c13-9-2-3-10(16)14(6-9)4-1-5-15-11(17)7-19-8-12(15)18/h2-3,6H,1,4-5,7-8,13H2. The second-order valence-corrected chi connectivity index (χ2v) is 4.28. The monoisotopic (exact) mass is 265 g/mol. The van der Waals surface area contributed by atoms with Crippen molar-refractivity contribution in [2.24, 2.45) is 0 Å². The number of hydrogen-bond donors (Lipinski definition) is 1. The minimum absolute atomic E-state index is 0.0655. The highest BCUT2D eigenvalue weighted by molar-refractivity contribution is 5.98. The van der Waals surface area contributed by atoms with Crippen molar-refractivity contribution in [1.29, 1.82) is 0 Å². The van der Waals surface area contributed by atoms with E-state index in [9.17, 15) is 14.4 Å². The Morgan fingerprint density at radius 2 is 1.79 bits per heavy atom. The maximum Gasteiger partial charge on any atom is 0.255 e. The van der Waals surface area contributed by atoms with Gasteiger partial charge in [0, 0.05) is 31.0 Å². The zero-order valence-corrected chi connectivity index (χ0v) is 10.4. The van der Waals surface area contributed by atoms with E-state index in [0.29, 0.717) is 18.7 Å². The molecule has 7 heteroatoms. The second kappa shape index (κ2) is 5.66. The molecule has 0 unspecified atom stereocenters. The minimum atomic E-state index is -0.337. The molecule has 19 heavy (non-hydrogen) atoms. The first kappa shape index (κ1) is 13.3. The molecule has 1 aromatic rings. The van der Waals surface area contributed by atoms with Crippen LogP contribution in [-0.2, 0) is 20.9 Å². The molecule has 0 aliphatic carbocycles. The number of hydrogen-bond acceptors (Lipinski definition) is 5. The van der Waals surface area contributed by atoms with Crippen LogP contribution in [-0.4, -0.2) is 41.0 Å². The van der Waals surface area contributed by atoms with Crippen molar-refractivity contribution in [3.05, 3.63) is 28.7 Å². The largest absolute Gasteiger partial charge is 0.398 e. The molecule has 0 saturated carbocycles. The number of aryl methyl sites for hydroxylation is 1. The SMILES string of the molecule is Nc1ccc(=O)n(CCCN2C(=O)COCC2=O)c1. The van der Waals surface area contributed by atoms with E-state index in [-0.39, 0.29) is 37.1 Å². The third-order valence-corrected chi connectivity index (χ3v) is 2.84. The minimum Gasteiger partial charge on any atom is -0.398 e. The van der Waals surface area contributed by atoms with Crippen molar-refractivity contribution in [1.82, 2.24) is 9.47 Å². The average Bonchev–Trinajstić information content (AvgIpc) is 2.37. The Kier molecular flexibility index (Phi) is 3.96. The smallest absolute Gasteiger partial charge is 0.255 e. The molecule has 1 aromatic heterocycles. The van der Waals surface area contributed by atoms with E-state index in [1.807, 2.05) is 0 Å². The molecule has 0 bridgehead atoms. The first-order valence-corrected chi connectivity index (χ1v) is 5.95. The van der Waals surface area contributed by atoms with Crippen LogP contribution in [0.5, 0.6) is 0 Å². The maximum atomic E-state index is 11.5. The normalized spacial score (nSPS) is 15.9. The predicted octanol–water partition coefficient (Wildman–Crippen LogP) is -0.794. The van der Waals surface area contributed by atoms with Gasteiger partial charge in [-0.3, -0.25) is 19.3 Å². The van der Waals surface area contributed by atoms with Crippen LogP contribution < -0.4 is 11.3 Å². The fourth-order valence-corrected chi connectivity index (χ4v) is 1.89. The number of pyridine rings is 1. The van der Waals surface area contributed by atoms with Crippen molar-refractivity contribution in [2.45, 2.75) is 13.0 Å². The third kappa shape index (κ3) is 3.19. The molecule has 0 atom stereocenters. The highest BCUT2D eigenvalue weighted by atomic mass is 16.5. The molecule has 1 aliphatic rings. The number of carbonyl (C=O) groups is 2. The fourth-order valence-electron chi connectivity index (χ4n) is 1.89. The lowest BCUT2D eigenvalue weighted by atomic mass is 10.3. The van der Waals surface area contributed by atoms with E-state index in [1.54, 1.807) is 6.20 Å². The van der Waals surface area contributed by atoms with Gasteiger partial charge in [0.2, 0.25) is 0 Å². The lowest BCUT2D eigenvalue weighted by molar-refractivity contribution is -0.158. The quantitative estimate of drug-likeness (QED) is 0.720. The van der Waals surface area contributed by atoms with E-state index in [4.69, 9.17) is 10.5 Å². The number of rotatable bonds is 4. The molecule has 2 N–H and O–H groups in total. The van der Waals surface area contributed by atoms with Crippen LogP contribution >= 0.6 is 0 Å². The lowest BCUT2D eigenvalue weighted by Crippen LogP contribution is -2.46. The summed E-state index contributed by atoms with van der Waals surface area (Å²) in [6, 6.07) is 2.92. The van der Waals surface area contributed by atoms with Crippen LogP contribution in [0.3, 0.4) is 0 Å². The first-order valence-electron chi connectivity index (χ1n) is 5.95. The molecule has 0 aromatic carbocycles. The van der Waals surface area contributed by atoms with Crippen LogP contribution in [0.4, 0.5) is 5.69 Å². The molecule has 1 fully saturated rings. The summed E-state index contributed by atoms with van der Waals surface area (Å²) < 4.78 is 6.27. The Hall–Kier alpha value is -2.15. The summed E-state index contributed by atoms with van der Waals surface area (Å²) in [5.74, 6) is -0.674. The number of ether oxygens (including phenoxy) is 1. The van der Waals surface area contributed by atoms with Gasteiger partial charge in [-0.2, -0.15) is 0 Å². The van der Waals surface area contributed by atoms with Crippen LogP contribution in [0.2, 0.25) is 0 Å². The number of anilines is 1. The molecule has 2 heterocycles. The van der Waals surface area contributed by atoms with Gasteiger partial charge in [-0.1, -0.05) is 0 Å². The highest BCUT2D eigenvalue weighted by Gasteiger charge is 2.25. The van der Waals surface area contributed by atoms with Crippen molar-refractivity contribution in [3.8, 4) is 0 Å². The number of morpholine rings is 1. The van der Waals surface area contributed by atoms with E-state index in [1.165, 1.54) is 21.6 Å². The second-order valence-electron chi connectivity index (χ2n) is 4.28. The van der Waals surface area contributed by atoms with Crippen LogP contribution in [0.15, 0.2) is 23.1 Å². The zero-order chi connectivity index (χ0) is 13.8. The van der Waals surface area contributed by atoms with Gasteiger partial charge in [0.1, 0.15) is 13.2 Å². The molecule has 1 aliphatic heterocycles. The lowest BCUT2D eigenvalue weighted by Gasteiger charge is -2.24. The predicted molar refractivity (Wildman–Crippen MR) is 67.3 cm³/mol. The summed E-state index contributed by atoms with van der Waals surface area (Å²) in [4.78, 5) is 35.6. The Bertz CT molecular complexity index is 536. The number of nitrogens with two attached hydrogens (primary N) is 1. The van der Waals surface area contributed by atoms with Gasteiger partial charge in [0.05, 0.1) is 0 Å². The van der Waals surface area contributed by atoms with E-state index < -0.39 is 0 Å². The molecule has 0 radical (unpaired) electrons. The van der Waals surface area contributed by atoms with Gasteiger partial charge in [0.15, 0.2) is 0 Å². The number of aromatic nitrogens is 1. The van der Waals surface area contributed by atoms with E-state index >= 15 is 0 Å². The van der Waals surface area contributed by atoms with Gasteiger partial charge in [-0.05, 0) is 12.5 Å². The van der Waals surface area contributed by atoms with E-state index in [0.717, 1.165) is 0 Å². The number of nitrogens with zero attached hydrogens (tertiary/aromatic N) is 2. The number of amides is 2. The summed E-state index contributed by atoms with van der Waals surface area (Å²) in [7, 11) is 0. The van der Waals surface area contributed by atoms with Gasteiger partial charge in [0.25, 0.3) is 17.4 Å². The number of carbonyl (C=O) groups excluding carboxylic acids is 2. The third-order valence-electron chi connectivity index (χ3n) is 2.84. The first-order chi connectivity index (χ1) is 9.08. The van der Waals surface area contributed by atoms with Crippen molar-refractivity contribution in [2.75, 3.05) is 25.5 Å². The van der Waals surface area contributed by atoms with Gasteiger partial charge in [-0.25, -0.2) is 0 Å². The molecule has 1 saturated heterocycles. The topological polar surface area (TPSA) is 94.6 Å². The number of nitrogen functional groups attached to an aromatic ring is 1. The van der Waals surface area contributed by atoms with Crippen LogP contribution in [0.25, 0.3) is 0 Å². The summed E-state index contributed by atoms with van der Waals surface area (Å²) in [6.07, 6.45) is 2.05. The highest BCUT2D eigenvalue weighted by Crippen LogP contribution is 2.03. The van der Waals surface area contributed by atoms with Crippen molar-refractivity contribution < 1.29 is 14.3 Å². The summed E-state index contributed by atoms with van der Waals surface area (Å²) in [5, 5.41) is 0. The number of imide groups is 1. The van der Waals surface area contributed by atoms with Gasteiger partial charge >= 0.3 is 0 Å². The van der Waals surface area contributed by atoms with E-state index in [2.05, 4.69) is 0 Å². The molecule has 7 nitrogen and oxygen atoms in total. The molecule has 2 rings (SSSR count). The molecule has 102 valence electrons. The Morgan fingerprint density at radius 3 is 2.47 bits per heavy atom. The van der Waals surface area contributed by atoms with Crippen molar-refractivity contribution >= 4 is 17.5 Å². The van der Waals surface area contributed by atoms with Gasteiger partial charge in [-0.15, -0.1) is 0 Å². The van der Waals surface area contributed by atoms with Crippen LogP contribution in [0, 0.1) is 0 Å². The van der Waals surface area contributed by atoms with Crippen LogP contribution in [0.1, 0.15) is 6.42 Å². The zero-order valence-electron chi connectivity index (χ0n) is 10.4. The summed E-state index contributed by atoms with van der Waals surface area (Å²) in [6.45, 7) is 0.554. The Labute approximate surface area is 109 Å². The van der Waals surface area contributed by atoms with Gasteiger partial charge < -0.3 is 15.0 Å².